The fourth-order valence-corrected chi connectivity index (χ4v) is 2.77. The molecule has 1 N–H and O–H groups in total. The topological polar surface area (TPSA) is 25.2 Å². The molecule has 0 amide bonds. The zero-order chi connectivity index (χ0) is 15.6. The number of nitrogens with one attached hydrogen (secondary N) is 1. The van der Waals surface area contributed by atoms with Crippen molar-refractivity contribution in [3.8, 4) is 0 Å². The van der Waals surface area contributed by atoms with Crippen molar-refractivity contribution in [2.75, 3.05) is 7.05 Å². The Morgan fingerprint density at radius 1 is 1.14 bits per heavy atom. The lowest BCUT2D eigenvalue weighted by Gasteiger charge is -2.24. The SMILES string of the molecule is CCC(C)(C)c1ccc(C(NC)c2cc(C)oc2C)cc1. The van der Waals surface area contributed by atoms with Crippen LogP contribution in [-0.4, -0.2) is 7.05 Å². The lowest BCUT2D eigenvalue weighted by Crippen LogP contribution is -2.19. The Kier molecular flexibility index (Phi) is 4.58. The normalized spacial score (nSPS) is 13.4. The van der Waals surface area contributed by atoms with Crippen molar-refractivity contribution in [1.29, 1.82) is 0 Å². The Balaban J connectivity index is 2.34. The molecule has 1 aromatic carbocycles. The summed E-state index contributed by atoms with van der Waals surface area (Å²) in [5, 5.41) is 3.40. The Hall–Kier alpha value is -1.54. The highest BCUT2D eigenvalue weighted by Gasteiger charge is 2.20. The molecule has 114 valence electrons. The molecule has 1 unspecified atom stereocenters. The van der Waals surface area contributed by atoms with Gasteiger partial charge in [-0.15, -0.1) is 0 Å². The van der Waals surface area contributed by atoms with Crippen LogP contribution in [-0.2, 0) is 5.41 Å². The molecular formula is C19H27NO. The van der Waals surface area contributed by atoms with Crippen molar-refractivity contribution < 1.29 is 4.42 Å². The molecule has 0 fully saturated rings. The summed E-state index contributed by atoms with van der Waals surface area (Å²) >= 11 is 0. The molecule has 0 aliphatic heterocycles. The predicted octanol–water partition coefficient (Wildman–Crippen LogP) is 4.89. The third-order valence-corrected chi connectivity index (χ3v) is 4.59. The van der Waals surface area contributed by atoms with Gasteiger partial charge in [-0.3, -0.25) is 0 Å². The first-order valence-corrected chi connectivity index (χ1v) is 7.73. The van der Waals surface area contributed by atoms with Crippen molar-refractivity contribution in [2.24, 2.45) is 0 Å². The van der Waals surface area contributed by atoms with Gasteiger partial charge in [0.05, 0.1) is 6.04 Å². The van der Waals surface area contributed by atoms with E-state index in [0.29, 0.717) is 0 Å². The smallest absolute Gasteiger partial charge is 0.106 e. The Morgan fingerprint density at radius 2 is 1.76 bits per heavy atom. The van der Waals surface area contributed by atoms with E-state index in [4.69, 9.17) is 4.42 Å². The lowest BCUT2D eigenvalue weighted by atomic mass is 9.81. The number of aryl methyl sites for hydroxylation is 2. The van der Waals surface area contributed by atoms with Crippen molar-refractivity contribution in [3.05, 3.63) is 58.5 Å². The zero-order valence-corrected chi connectivity index (χ0v) is 14.1. The van der Waals surface area contributed by atoms with Gasteiger partial charge in [-0.05, 0) is 49.9 Å². The quantitative estimate of drug-likeness (QED) is 0.846. The van der Waals surface area contributed by atoms with Gasteiger partial charge in [0.2, 0.25) is 0 Å². The van der Waals surface area contributed by atoms with E-state index in [1.807, 2.05) is 20.9 Å². The van der Waals surface area contributed by atoms with Gasteiger partial charge in [0.1, 0.15) is 11.5 Å². The molecule has 0 bridgehead atoms. The van der Waals surface area contributed by atoms with E-state index in [2.05, 4.69) is 56.4 Å². The van der Waals surface area contributed by atoms with E-state index < -0.39 is 0 Å². The predicted molar refractivity (Wildman–Crippen MR) is 88.8 cm³/mol. The van der Waals surface area contributed by atoms with Crippen LogP contribution in [0.2, 0.25) is 0 Å². The highest BCUT2D eigenvalue weighted by Crippen LogP contribution is 2.31. The van der Waals surface area contributed by atoms with Crippen molar-refractivity contribution in [2.45, 2.75) is 52.5 Å². The van der Waals surface area contributed by atoms with Crippen LogP contribution in [0.25, 0.3) is 0 Å². The molecule has 2 rings (SSSR count). The van der Waals surface area contributed by atoms with Crippen molar-refractivity contribution >= 4 is 0 Å². The molecule has 1 atom stereocenters. The lowest BCUT2D eigenvalue weighted by molar-refractivity contribution is 0.496. The zero-order valence-electron chi connectivity index (χ0n) is 14.1. The molecule has 0 aliphatic rings. The second kappa shape index (κ2) is 6.07. The second-order valence-corrected chi connectivity index (χ2v) is 6.45. The van der Waals surface area contributed by atoms with Crippen LogP contribution in [0.3, 0.4) is 0 Å². The molecule has 21 heavy (non-hydrogen) atoms. The number of rotatable bonds is 5. The second-order valence-electron chi connectivity index (χ2n) is 6.45. The van der Waals surface area contributed by atoms with Gasteiger partial charge in [0, 0.05) is 5.56 Å². The highest BCUT2D eigenvalue weighted by atomic mass is 16.3. The summed E-state index contributed by atoms with van der Waals surface area (Å²) in [4.78, 5) is 0. The molecule has 0 saturated carbocycles. The molecule has 2 heteroatoms. The highest BCUT2D eigenvalue weighted by molar-refractivity contribution is 5.37. The van der Waals surface area contributed by atoms with Gasteiger partial charge >= 0.3 is 0 Å². The standard InChI is InChI=1S/C19H27NO/c1-7-19(4,5)16-10-8-15(9-11-16)18(20-6)17-12-13(2)21-14(17)3/h8-12,18,20H,7H2,1-6H3. The van der Waals surface area contributed by atoms with Gasteiger partial charge < -0.3 is 9.73 Å². The van der Waals surface area contributed by atoms with E-state index in [0.717, 1.165) is 17.9 Å². The van der Waals surface area contributed by atoms with Crippen LogP contribution >= 0.6 is 0 Å². The first-order chi connectivity index (χ1) is 9.89. The number of hydrogen-bond acceptors (Lipinski definition) is 2. The fourth-order valence-electron chi connectivity index (χ4n) is 2.77. The molecule has 2 aromatic rings. The maximum absolute atomic E-state index is 5.67. The molecule has 0 aliphatic carbocycles. The van der Waals surface area contributed by atoms with Crippen molar-refractivity contribution in [1.82, 2.24) is 5.32 Å². The molecule has 0 saturated heterocycles. The number of hydrogen-bond donors (Lipinski definition) is 1. The third-order valence-electron chi connectivity index (χ3n) is 4.59. The van der Waals surface area contributed by atoms with Crippen LogP contribution in [0.1, 0.15) is 61.4 Å². The summed E-state index contributed by atoms with van der Waals surface area (Å²) < 4.78 is 5.67. The largest absolute Gasteiger partial charge is 0.466 e. The first kappa shape index (κ1) is 15.8. The Morgan fingerprint density at radius 3 is 2.19 bits per heavy atom. The van der Waals surface area contributed by atoms with E-state index in [1.54, 1.807) is 0 Å². The minimum Gasteiger partial charge on any atom is -0.466 e. The van der Waals surface area contributed by atoms with Gasteiger partial charge in [-0.1, -0.05) is 45.0 Å². The van der Waals surface area contributed by atoms with Crippen LogP contribution in [0.5, 0.6) is 0 Å². The van der Waals surface area contributed by atoms with Gasteiger partial charge in [-0.25, -0.2) is 0 Å². The van der Waals surface area contributed by atoms with E-state index >= 15 is 0 Å². The van der Waals surface area contributed by atoms with Crippen LogP contribution in [0.4, 0.5) is 0 Å². The fraction of sp³-hybridized carbons (Fsp3) is 0.474. The van der Waals surface area contributed by atoms with Crippen molar-refractivity contribution in [3.63, 3.8) is 0 Å². The first-order valence-electron chi connectivity index (χ1n) is 7.73. The molecule has 2 nitrogen and oxygen atoms in total. The van der Waals surface area contributed by atoms with Gasteiger partial charge in [0.25, 0.3) is 0 Å². The van der Waals surface area contributed by atoms with E-state index in [1.165, 1.54) is 16.7 Å². The third kappa shape index (κ3) is 3.21. The number of furan rings is 1. The monoisotopic (exact) mass is 285 g/mol. The molecule has 1 aromatic heterocycles. The average Bonchev–Trinajstić information content (AvgIpc) is 2.79. The summed E-state index contributed by atoms with van der Waals surface area (Å²) in [6.07, 6.45) is 1.14. The summed E-state index contributed by atoms with van der Waals surface area (Å²) in [5.74, 6) is 1.95. The Labute approximate surface area is 128 Å². The summed E-state index contributed by atoms with van der Waals surface area (Å²) in [7, 11) is 2.00. The van der Waals surface area contributed by atoms with Gasteiger partial charge in [0.15, 0.2) is 0 Å². The van der Waals surface area contributed by atoms with Crippen LogP contribution < -0.4 is 5.32 Å². The molecule has 0 radical (unpaired) electrons. The summed E-state index contributed by atoms with van der Waals surface area (Å²) in [5.41, 5.74) is 4.12. The van der Waals surface area contributed by atoms with Gasteiger partial charge in [-0.2, -0.15) is 0 Å². The van der Waals surface area contributed by atoms with Crippen LogP contribution in [0, 0.1) is 13.8 Å². The minimum atomic E-state index is 0.182. The summed E-state index contributed by atoms with van der Waals surface area (Å²) in [6, 6.07) is 11.3. The molecule has 0 spiro atoms. The molecule has 1 heterocycles. The molecular weight excluding hydrogens is 258 g/mol. The minimum absolute atomic E-state index is 0.182. The maximum Gasteiger partial charge on any atom is 0.106 e. The Bertz CT molecular complexity index is 593. The maximum atomic E-state index is 5.67. The van der Waals surface area contributed by atoms with E-state index in [9.17, 15) is 0 Å². The number of benzene rings is 1. The van der Waals surface area contributed by atoms with E-state index in [-0.39, 0.29) is 11.5 Å². The van der Waals surface area contributed by atoms with Crippen LogP contribution in [0.15, 0.2) is 34.7 Å². The average molecular weight is 285 g/mol. The summed E-state index contributed by atoms with van der Waals surface area (Å²) in [6.45, 7) is 10.8.